The lowest BCUT2D eigenvalue weighted by Crippen LogP contribution is -2.15. The molecule has 0 amide bonds. The standard InChI is InChI=1S/C22H25F3N2O/c1-3-16(2)17-10-12-18(13-11-17)28-15-7-6-14-27-20-9-5-4-8-19(20)26-21(27)22(23,24)25/h4-5,8-13,16H,3,6-7,14-15H2,1-2H3. The van der Waals surface area contributed by atoms with Gasteiger partial charge in [0.2, 0.25) is 5.82 Å². The maximum Gasteiger partial charge on any atom is 0.449 e. The molecule has 0 spiro atoms. The summed E-state index contributed by atoms with van der Waals surface area (Å²) in [4.78, 5) is 3.77. The summed E-state index contributed by atoms with van der Waals surface area (Å²) in [6.07, 6.45) is -2.14. The van der Waals surface area contributed by atoms with E-state index in [0.29, 0.717) is 36.4 Å². The highest BCUT2D eigenvalue weighted by Gasteiger charge is 2.37. The van der Waals surface area contributed by atoms with Crippen molar-refractivity contribution < 1.29 is 17.9 Å². The summed E-state index contributed by atoms with van der Waals surface area (Å²) in [5.74, 6) is 0.466. The first-order chi connectivity index (χ1) is 13.4. The summed E-state index contributed by atoms with van der Waals surface area (Å²) in [6, 6.07) is 14.7. The number of aryl methyl sites for hydroxylation is 1. The number of aromatic nitrogens is 2. The molecule has 0 aliphatic heterocycles. The van der Waals surface area contributed by atoms with E-state index in [1.54, 1.807) is 24.3 Å². The van der Waals surface area contributed by atoms with Gasteiger partial charge in [0.1, 0.15) is 5.75 Å². The Bertz CT molecular complexity index is 900. The Hall–Kier alpha value is -2.50. The molecule has 2 aromatic carbocycles. The van der Waals surface area contributed by atoms with Crippen LogP contribution < -0.4 is 4.74 Å². The summed E-state index contributed by atoms with van der Waals surface area (Å²) in [7, 11) is 0. The van der Waals surface area contributed by atoms with Crippen LogP contribution in [0.1, 0.15) is 50.4 Å². The zero-order valence-electron chi connectivity index (χ0n) is 16.2. The zero-order chi connectivity index (χ0) is 20.1. The fourth-order valence-electron chi connectivity index (χ4n) is 3.21. The molecule has 3 nitrogen and oxygen atoms in total. The number of para-hydroxylation sites is 2. The number of nitrogens with zero attached hydrogens (tertiary/aromatic N) is 2. The second-order valence-corrected chi connectivity index (χ2v) is 7.01. The van der Waals surface area contributed by atoms with Crippen molar-refractivity contribution in [1.29, 1.82) is 0 Å². The Morgan fingerprint density at radius 3 is 2.43 bits per heavy atom. The third kappa shape index (κ3) is 4.66. The third-order valence-corrected chi connectivity index (χ3v) is 5.01. The first kappa shape index (κ1) is 20.2. The molecule has 1 aromatic heterocycles. The van der Waals surface area contributed by atoms with Crippen LogP contribution in [0.25, 0.3) is 11.0 Å². The minimum atomic E-state index is -4.47. The minimum Gasteiger partial charge on any atom is -0.494 e. The topological polar surface area (TPSA) is 27.1 Å². The van der Waals surface area contributed by atoms with Crippen LogP contribution in [-0.4, -0.2) is 16.2 Å². The fourth-order valence-corrected chi connectivity index (χ4v) is 3.21. The molecule has 0 aliphatic rings. The smallest absolute Gasteiger partial charge is 0.449 e. The van der Waals surface area contributed by atoms with Crippen molar-refractivity contribution in [3.8, 4) is 5.75 Å². The Balaban J connectivity index is 1.56. The lowest BCUT2D eigenvalue weighted by Gasteiger charge is -2.12. The molecule has 0 N–H and O–H groups in total. The zero-order valence-corrected chi connectivity index (χ0v) is 16.2. The van der Waals surface area contributed by atoms with E-state index >= 15 is 0 Å². The van der Waals surface area contributed by atoms with E-state index in [0.717, 1.165) is 12.2 Å². The van der Waals surface area contributed by atoms with E-state index in [9.17, 15) is 13.2 Å². The van der Waals surface area contributed by atoms with Crippen LogP contribution >= 0.6 is 0 Å². The van der Waals surface area contributed by atoms with Crippen molar-refractivity contribution in [3.05, 3.63) is 59.9 Å². The van der Waals surface area contributed by atoms with Gasteiger partial charge in [-0.15, -0.1) is 0 Å². The molecular formula is C22H25F3N2O. The largest absolute Gasteiger partial charge is 0.494 e. The number of hydrogen-bond donors (Lipinski definition) is 0. The molecule has 0 aliphatic carbocycles. The highest BCUT2D eigenvalue weighted by molar-refractivity contribution is 5.76. The average molecular weight is 390 g/mol. The van der Waals surface area contributed by atoms with Crippen molar-refractivity contribution in [1.82, 2.24) is 9.55 Å². The Morgan fingerprint density at radius 1 is 1.04 bits per heavy atom. The van der Waals surface area contributed by atoms with Gasteiger partial charge in [0.15, 0.2) is 0 Å². The predicted molar refractivity (Wildman–Crippen MR) is 105 cm³/mol. The predicted octanol–water partition coefficient (Wildman–Crippen LogP) is 6.43. The van der Waals surface area contributed by atoms with Crippen LogP contribution in [0.4, 0.5) is 13.2 Å². The summed E-state index contributed by atoms with van der Waals surface area (Å²) >= 11 is 0. The van der Waals surface area contributed by atoms with Crippen molar-refractivity contribution in [2.45, 2.75) is 51.7 Å². The first-order valence-electron chi connectivity index (χ1n) is 9.65. The molecule has 1 heterocycles. The van der Waals surface area contributed by atoms with E-state index in [4.69, 9.17) is 4.74 Å². The van der Waals surface area contributed by atoms with Gasteiger partial charge in [0.25, 0.3) is 0 Å². The van der Waals surface area contributed by atoms with Crippen LogP contribution in [0.3, 0.4) is 0 Å². The van der Waals surface area contributed by atoms with Crippen LogP contribution in [0.5, 0.6) is 5.75 Å². The SMILES string of the molecule is CCC(C)c1ccc(OCCCCn2c(C(F)(F)F)nc3ccccc32)cc1. The summed E-state index contributed by atoms with van der Waals surface area (Å²) < 4.78 is 46.9. The van der Waals surface area contributed by atoms with Crippen molar-refractivity contribution >= 4 is 11.0 Å². The number of halogens is 3. The van der Waals surface area contributed by atoms with Gasteiger partial charge in [-0.3, -0.25) is 0 Å². The number of imidazole rings is 1. The molecule has 3 aromatic rings. The van der Waals surface area contributed by atoms with Gasteiger partial charge < -0.3 is 9.30 Å². The number of alkyl halides is 3. The van der Waals surface area contributed by atoms with Gasteiger partial charge in [-0.1, -0.05) is 38.1 Å². The van der Waals surface area contributed by atoms with Gasteiger partial charge >= 0.3 is 6.18 Å². The molecule has 0 saturated heterocycles. The van der Waals surface area contributed by atoms with Crippen LogP contribution in [0.2, 0.25) is 0 Å². The van der Waals surface area contributed by atoms with Gasteiger partial charge in [0, 0.05) is 6.54 Å². The van der Waals surface area contributed by atoms with E-state index < -0.39 is 12.0 Å². The van der Waals surface area contributed by atoms with Gasteiger partial charge in [-0.25, -0.2) is 4.98 Å². The van der Waals surface area contributed by atoms with E-state index in [-0.39, 0.29) is 6.54 Å². The number of ether oxygens (including phenoxy) is 1. The normalized spacial score (nSPS) is 13.0. The third-order valence-electron chi connectivity index (χ3n) is 5.01. The lowest BCUT2D eigenvalue weighted by atomic mass is 9.99. The van der Waals surface area contributed by atoms with Gasteiger partial charge in [0.05, 0.1) is 17.6 Å². The van der Waals surface area contributed by atoms with Gasteiger partial charge in [-0.2, -0.15) is 13.2 Å². The molecular weight excluding hydrogens is 365 g/mol. The van der Waals surface area contributed by atoms with Crippen LogP contribution in [-0.2, 0) is 12.7 Å². The monoisotopic (exact) mass is 390 g/mol. The molecule has 3 rings (SSSR count). The number of benzene rings is 2. The van der Waals surface area contributed by atoms with E-state index in [1.807, 2.05) is 12.1 Å². The second-order valence-electron chi connectivity index (χ2n) is 7.01. The average Bonchev–Trinajstić information content (AvgIpc) is 3.07. The quantitative estimate of drug-likeness (QED) is 0.415. The highest BCUT2D eigenvalue weighted by atomic mass is 19.4. The van der Waals surface area contributed by atoms with Crippen LogP contribution in [0, 0.1) is 0 Å². The van der Waals surface area contributed by atoms with Crippen molar-refractivity contribution in [2.75, 3.05) is 6.61 Å². The summed E-state index contributed by atoms with van der Waals surface area (Å²) in [6.45, 7) is 5.07. The highest BCUT2D eigenvalue weighted by Crippen LogP contribution is 2.31. The number of rotatable bonds is 8. The molecule has 0 saturated carbocycles. The van der Waals surface area contributed by atoms with Crippen molar-refractivity contribution in [2.24, 2.45) is 0 Å². The summed E-state index contributed by atoms with van der Waals surface area (Å²) in [5.41, 5.74) is 2.16. The number of hydrogen-bond acceptors (Lipinski definition) is 2. The molecule has 0 bridgehead atoms. The molecule has 0 radical (unpaired) electrons. The number of fused-ring (bicyclic) bond motifs is 1. The Morgan fingerprint density at radius 2 is 1.75 bits per heavy atom. The van der Waals surface area contributed by atoms with Crippen molar-refractivity contribution in [3.63, 3.8) is 0 Å². The maximum absolute atomic E-state index is 13.3. The second kappa shape index (κ2) is 8.67. The minimum absolute atomic E-state index is 0.256. The first-order valence-corrected chi connectivity index (χ1v) is 9.65. The lowest BCUT2D eigenvalue weighted by molar-refractivity contribution is -0.147. The molecule has 6 heteroatoms. The van der Waals surface area contributed by atoms with E-state index in [1.165, 1.54) is 10.1 Å². The Labute approximate surface area is 163 Å². The Kier molecular flexibility index (Phi) is 6.27. The summed E-state index contributed by atoms with van der Waals surface area (Å²) in [5, 5.41) is 0. The fraction of sp³-hybridized carbons (Fsp3) is 0.409. The molecule has 150 valence electrons. The number of unbranched alkanes of at least 4 members (excludes halogenated alkanes) is 1. The molecule has 28 heavy (non-hydrogen) atoms. The molecule has 1 unspecified atom stereocenters. The molecule has 0 fully saturated rings. The van der Waals surface area contributed by atoms with Crippen LogP contribution in [0.15, 0.2) is 48.5 Å². The maximum atomic E-state index is 13.3. The molecule has 1 atom stereocenters. The van der Waals surface area contributed by atoms with Gasteiger partial charge in [-0.05, 0) is 55.0 Å². The van der Waals surface area contributed by atoms with E-state index in [2.05, 4.69) is 31.0 Å².